The van der Waals surface area contributed by atoms with Gasteiger partial charge in [0.15, 0.2) is 0 Å². The minimum Gasteiger partial charge on any atom is -0.385 e. The van der Waals surface area contributed by atoms with Gasteiger partial charge in [0.2, 0.25) is 17.7 Å². The van der Waals surface area contributed by atoms with Crippen molar-refractivity contribution >= 4 is 17.7 Å². The smallest absolute Gasteiger partial charge is 0.250 e. The number of amides is 3. The highest BCUT2D eigenvalue weighted by atomic mass is 16.6. The first kappa shape index (κ1) is 31.2. The zero-order valence-electron chi connectivity index (χ0n) is 20.5. The summed E-state index contributed by atoms with van der Waals surface area (Å²) in [6, 6.07) is 0. The summed E-state index contributed by atoms with van der Waals surface area (Å²) >= 11 is 0. The zero-order valence-corrected chi connectivity index (χ0v) is 20.5. The molecule has 0 bridgehead atoms. The minimum atomic E-state index is -0.161. The third kappa shape index (κ3) is 21.8. The van der Waals surface area contributed by atoms with E-state index in [1.165, 1.54) is 4.90 Å². The monoisotopic (exact) mass is 477 g/mol. The van der Waals surface area contributed by atoms with Gasteiger partial charge in [-0.25, -0.2) is 5.48 Å². The summed E-state index contributed by atoms with van der Waals surface area (Å²) in [5, 5.41) is 2.53. The van der Waals surface area contributed by atoms with Gasteiger partial charge in [0.25, 0.3) is 0 Å². The van der Waals surface area contributed by atoms with Gasteiger partial charge in [-0.05, 0) is 32.1 Å². The Morgan fingerprint density at radius 1 is 0.727 bits per heavy atom. The van der Waals surface area contributed by atoms with Crippen molar-refractivity contribution in [3.63, 3.8) is 0 Å². The third-order valence-corrected chi connectivity index (χ3v) is 4.49. The Morgan fingerprint density at radius 3 is 2.18 bits per heavy atom. The lowest BCUT2D eigenvalue weighted by atomic mass is 10.2. The van der Waals surface area contributed by atoms with Crippen molar-refractivity contribution < 1.29 is 38.2 Å². The molecule has 0 aliphatic carbocycles. The molecule has 0 saturated heterocycles. The van der Waals surface area contributed by atoms with Crippen molar-refractivity contribution in [1.82, 2.24) is 15.7 Å². The van der Waals surface area contributed by atoms with Gasteiger partial charge in [0, 0.05) is 53.9 Å². The Morgan fingerprint density at radius 2 is 1.42 bits per heavy atom. The average Bonchev–Trinajstić information content (AvgIpc) is 2.81. The molecule has 0 aromatic rings. The number of rotatable bonds is 23. The third-order valence-electron chi connectivity index (χ3n) is 4.49. The Hall–Kier alpha value is -1.79. The van der Waals surface area contributed by atoms with E-state index in [0.717, 1.165) is 32.3 Å². The van der Waals surface area contributed by atoms with Crippen LogP contribution in [0.4, 0.5) is 0 Å². The van der Waals surface area contributed by atoms with Crippen molar-refractivity contribution in [2.75, 3.05) is 74.2 Å². The molecule has 0 aliphatic rings. The van der Waals surface area contributed by atoms with Gasteiger partial charge >= 0.3 is 0 Å². The number of hydroxylamine groups is 1. The van der Waals surface area contributed by atoms with Crippen LogP contribution in [-0.4, -0.2) is 96.8 Å². The number of hydrogen-bond acceptors (Lipinski definition) is 8. The van der Waals surface area contributed by atoms with Crippen LogP contribution in [0.15, 0.2) is 0 Å². The fourth-order valence-electron chi connectivity index (χ4n) is 2.47. The van der Waals surface area contributed by atoms with E-state index in [2.05, 4.69) is 10.8 Å². The number of likely N-dealkylation sites (N-methyl/N-ethyl adjacent to an activating group) is 1. The van der Waals surface area contributed by atoms with Crippen LogP contribution < -0.4 is 10.8 Å². The van der Waals surface area contributed by atoms with Crippen LogP contribution in [0.1, 0.15) is 51.4 Å². The van der Waals surface area contributed by atoms with E-state index >= 15 is 0 Å². The lowest BCUT2D eigenvalue weighted by Gasteiger charge is -2.17. The molecule has 0 aromatic heterocycles. The van der Waals surface area contributed by atoms with Crippen LogP contribution in [0.3, 0.4) is 0 Å². The molecule has 0 aliphatic heterocycles. The first-order chi connectivity index (χ1) is 16.0. The predicted octanol–water partition coefficient (Wildman–Crippen LogP) is 1.01. The molecule has 0 saturated carbocycles. The lowest BCUT2D eigenvalue weighted by Crippen LogP contribution is -2.32. The van der Waals surface area contributed by atoms with Crippen molar-refractivity contribution in [3.05, 3.63) is 0 Å². The van der Waals surface area contributed by atoms with Gasteiger partial charge in [-0.1, -0.05) is 6.42 Å². The van der Waals surface area contributed by atoms with Crippen LogP contribution in [0.25, 0.3) is 0 Å². The van der Waals surface area contributed by atoms with E-state index in [1.807, 2.05) is 0 Å². The van der Waals surface area contributed by atoms with E-state index in [0.29, 0.717) is 58.7 Å². The number of carbonyl (C=O) groups is 3. The molecule has 33 heavy (non-hydrogen) atoms. The predicted molar refractivity (Wildman–Crippen MR) is 122 cm³/mol. The number of nitrogens with zero attached hydrogens (tertiary/aromatic N) is 1. The number of ether oxygens (including phenoxy) is 4. The lowest BCUT2D eigenvalue weighted by molar-refractivity contribution is -0.140. The summed E-state index contributed by atoms with van der Waals surface area (Å²) in [7, 11) is 4.91. The summed E-state index contributed by atoms with van der Waals surface area (Å²) in [5.41, 5.74) is 2.43. The molecule has 0 atom stereocenters. The maximum absolute atomic E-state index is 12.0. The fraction of sp³-hybridized carbons (Fsp3) is 0.864. The van der Waals surface area contributed by atoms with Gasteiger partial charge in [-0.2, -0.15) is 0 Å². The van der Waals surface area contributed by atoms with Gasteiger partial charge in [-0.15, -0.1) is 0 Å². The number of carbonyl (C=O) groups excluding carboxylic acids is 3. The first-order valence-electron chi connectivity index (χ1n) is 11.6. The van der Waals surface area contributed by atoms with Crippen molar-refractivity contribution in [2.24, 2.45) is 0 Å². The number of unbranched alkanes of at least 4 members (excludes halogenated alkanes) is 3. The highest BCUT2D eigenvalue weighted by molar-refractivity contribution is 5.77. The molecule has 0 heterocycles. The first-order valence-corrected chi connectivity index (χ1v) is 11.6. The van der Waals surface area contributed by atoms with Crippen LogP contribution in [0, 0.1) is 0 Å². The summed E-state index contributed by atoms with van der Waals surface area (Å²) in [6.07, 6.45) is 5.63. The van der Waals surface area contributed by atoms with Crippen molar-refractivity contribution in [3.8, 4) is 0 Å². The molecule has 11 heteroatoms. The van der Waals surface area contributed by atoms with Crippen LogP contribution >= 0.6 is 0 Å². The van der Waals surface area contributed by atoms with Crippen LogP contribution in [0.2, 0.25) is 0 Å². The average molecular weight is 478 g/mol. The number of nitrogens with one attached hydrogen (secondary N) is 2. The number of hydrogen-bond donors (Lipinski definition) is 2. The molecule has 0 unspecified atom stereocenters. The molecule has 0 fully saturated rings. The second kappa shape index (κ2) is 23.4. The van der Waals surface area contributed by atoms with Gasteiger partial charge in [0.05, 0.1) is 19.8 Å². The second-order valence-electron chi connectivity index (χ2n) is 7.45. The van der Waals surface area contributed by atoms with E-state index in [1.54, 1.807) is 21.2 Å². The molecule has 3 amide bonds. The fourth-order valence-corrected chi connectivity index (χ4v) is 2.47. The van der Waals surface area contributed by atoms with Crippen LogP contribution in [0.5, 0.6) is 0 Å². The molecule has 0 radical (unpaired) electrons. The van der Waals surface area contributed by atoms with Gasteiger partial charge in [-0.3, -0.25) is 19.2 Å². The molecule has 0 aromatic carbocycles. The Bertz CT molecular complexity index is 508. The summed E-state index contributed by atoms with van der Waals surface area (Å²) in [4.78, 5) is 41.2. The summed E-state index contributed by atoms with van der Waals surface area (Å²) in [6.45, 7) is 3.06. The van der Waals surface area contributed by atoms with Crippen LogP contribution in [-0.2, 0) is 38.2 Å². The summed E-state index contributed by atoms with van der Waals surface area (Å²) < 4.78 is 21.1. The maximum Gasteiger partial charge on any atom is 0.250 e. The molecule has 2 N–H and O–H groups in total. The highest BCUT2D eigenvalue weighted by Gasteiger charge is 2.08. The summed E-state index contributed by atoms with van der Waals surface area (Å²) in [5.74, 6) is -0.329. The Balaban J connectivity index is 3.43. The molecule has 11 nitrogen and oxygen atoms in total. The minimum absolute atomic E-state index is 0.0108. The SMILES string of the molecule is CNC(=O)CCOCCCOCN(C)C(=O)COCCCCONC(=O)CCCCCOC. The molecule has 0 rings (SSSR count). The van der Waals surface area contributed by atoms with E-state index in [-0.39, 0.29) is 31.1 Å². The zero-order chi connectivity index (χ0) is 24.6. The largest absolute Gasteiger partial charge is 0.385 e. The normalized spacial score (nSPS) is 10.8. The number of methoxy groups -OCH3 is 1. The van der Waals surface area contributed by atoms with E-state index in [4.69, 9.17) is 23.8 Å². The quantitative estimate of drug-likeness (QED) is 0.127. The molecule has 194 valence electrons. The van der Waals surface area contributed by atoms with Gasteiger partial charge < -0.3 is 29.2 Å². The van der Waals surface area contributed by atoms with Crippen molar-refractivity contribution in [2.45, 2.75) is 51.4 Å². The molecule has 0 spiro atoms. The molecular formula is C22H43N3O8. The Labute approximate surface area is 197 Å². The standard InChI is InChI=1S/C22H43N3O8/c1-23-20(26)11-17-30-14-9-15-32-19-25(2)22(28)18-31-13-7-8-16-33-24-21(27)10-5-4-6-12-29-3/h4-19H2,1-3H3,(H,23,26)(H,24,27). The van der Waals surface area contributed by atoms with E-state index in [9.17, 15) is 14.4 Å². The second-order valence-corrected chi connectivity index (χ2v) is 7.45. The van der Waals surface area contributed by atoms with Gasteiger partial charge in [0.1, 0.15) is 13.3 Å². The topological polar surface area (TPSA) is 125 Å². The maximum atomic E-state index is 12.0. The highest BCUT2D eigenvalue weighted by Crippen LogP contribution is 2.00. The van der Waals surface area contributed by atoms with Crippen molar-refractivity contribution in [1.29, 1.82) is 0 Å². The molecular weight excluding hydrogens is 434 g/mol. The Kier molecular flexibility index (Phi) is 22.1. The van der Waals surface area contributed by atoms with E-state index < -0.39 is 0 Å².